The maximum Gasteiger partial charge on any atom is 0.281 e. The largest absolute Gasteiger partial charge is 0.343 e. The van der Waals surface area contributed by atoms with Crippen molar-refractivity contribution in [3.63, 3.8) is 0 Å². The van der Waals surface area contributed by atoms with Crippen LogP contribution < -0.4 is 0 Å². The molecule has 0 atom stereocenters. The highest BCUT2D eigenvalue weighted by atomic mass is 32.2. The van der Waals surface area contributed by atoms with Crippen molar-refractivity contribution in [3.8, 4) is 0 Å². The number of nitrogens with zero attached hydrogens (tertiary/aromatic N) is 2. The molecule has 0 saturated heterocycles. The van der Waals surface area contributed by atoms with E-state index in [1.54, 1.807) is 0 Å². The first-order chi connectivity index (χ1) is 9.81. The van der Waals surface area contributed by atoms with Gasteiger partial charge in [0.25, 0.3) is 5.24 Å². The number of rotatable bonds is 9. The first-order valence-corrected chi connectivity index (χ1v) is 8.99. The predicted octanol–water partition coefficient (Wildman–Crippen LogP) is 3.86. The summed E-state index contributed by atoms with van der Waals surface area (Å²) in [5.74, 6) is 0.974. The molecule has 0 N–H and O–H groups in total. The number of amides is 2. The summed E-state index contributed by atoms with van der Waals surface area (Å²) in [4.78, 5) is 27.7. The van der Waals surface area contributed by atoms with Crippen LogP contribution in [0.5, 0.6) is 0 Å². The van der Waals surface area contributed by atoms with Crippen LogP contribution in [0.1, 0.15) is 54.4 Å². The zero-order valence-electron chi connectivity index (χ0n) is 14.6. The second kappa shape index (κ2) is 10.1. The minimum Gasteiger partial charge on any atom is -0.343 e. The summed E-state index contributed by atoms with van der Waals surface area (Å²) in [6.45, 7) is 15.3. The van der Waals surface area contributed by atoms with E-state index in [-0.39, 0.29) is 16.6 Å². The zero-order valence-corrected chi connectivity index (χ0v) is 15.4. The second-order valence-electron chi connectivity index (χ2n) is 5.96. The molecule has 5 heteroatoms. The molecule has 0 radical (unpaired) electrons. The van der Waals surface area contributed by atoms with Gasteiger partial charge in [-0.15, -0.1) is 0 Å². The summed E-state index contributed by atoms with van der Waals surface area (Å²) < 4.78 is 0. The molecule has 0 spiro atoms. The Bertz CT molecular complexity index is 294. The van der Waals surface area contributed by atoms with Crippen LogP contribution in [0.3, 0.4) is 0 Å². The van der Waals surface area contributed by atoms with Crippen molar-refractivity contribution >= 4 is 22.9 Å². The molecule has 0 aliphatic rings. The summed E-state index contributed by atoms with van der Waals surface area (Å²) in [7, 11) is 0. The van der Waals surface area contributed by atoms with Gasteiger partial charge in [0.2, 0.25) is 5.91 Å². The van der Waals surface area contributed by atoms with E-state index >= 15 is 0 Å². The summed E-state index contributed by atoms with van der Waals surface area (Å²) in [5.41, 5.74) is -0.00368. The first kappa shape index (κ1) is 20.3. The molecule has 0 unspecified atom stereocenters. The molecule has 0 aliphatic heterocycles. The van der Waals surface area contributed by atoms with Crippen LogP contribution >= 0.6 is 11.8 Å². The van der Waals surface area contributed by atoms with Gasteiger partial charge in [0.1, 0.15) is 0 Å². The van der Waals surface area contributed by atoms with Crippen LogP contribution in [0.4, 0.5) is 4.79 Å². The third-order valence-electron chi connectivity index (χ3n) is 3.74. The quantitative estimate of drug-likeness (QED) is 0.648. The molecule has 0 aliphatic carbocycles. The van der Waals surface area contributed by atoms with Gasteiger partial charge < -0.3 is 9.80 Å². The van der Waals surface area contributed by atoms with E-state index < -0.39 is 0 Å². The molecule has 21 heavy (non-hydrogen) atoms. The van der Waals surface area contributed by atoms with Gasteiger partial charge in [0.05, 0.1) is 0 Å². The van der Waals surface area contributed by atoms with Crippen molar-refractivity contribution in [2.75, 3.05) is 31.9 Å². The second-order valence-corrected chi connectivity index (χ2v) is 6.88. The maximum atomic E-state index is 12.0. The Balaban J connectivity index is 4.25. The van der Waals surface area contributed by atoms with Crippen molar-refractivity contribution in [1.29, 1.82) is 0 Å². The van der Waals surface area contributed by atoms with Gasteiger partial charge in [-0.2, -0.15) is 0 Å². The van der Waals surface area contributed by atoms with Crippen LogP contribution in [-0.2, 0) is 4.79 Å². The van der Waals surface area contributed by atoms with E-state index in [1.165, 1.54) is 11.8 Å². The minimum absolute atomic E-state index is 0.00368. The van der Waals surface area contributed by atoms with Gasteiger partial charge in [-0.05, 0) is 39.5 Å². The average Bonchev–Trinajstić information content (AvgIpc) is 2.46. The molecule has 0 heterocycles. The fourth-order valence-corrected chi connectivity index (χ4v) is 3.18. The van der Waals surface area contributed by atoms with E-state index in [0.717, 1.165) is 38.4 Å². The van der Waals surface area contributed by atoms with Gasteiger partial charge >= 0.3 is 0 Å². The van der Waals surface area contributed by atoms with Crippen LogP contribution in [0, 0.1) is 5.41 Å². The number of carbonyl (C=O) groups excluding carboxylic acids is 2. The fraction of sp³-hybridized carbons (Fsp3) is 0.875. The summed E-state index contributed by atoms with van der Waals surface area (Å²) in [6, 6.07) is 0. The SMILES string of the molecule is CCN(CC)C(=O)CCC(C)(C)CSC(=O)N(CC)CC. The molecule has 4 nitrogen and oxygen atoms in total. The third-order valence-corrected chi connectivity index (χ3v) is 5.17. The Morgan fingerprint density at radius 3 is 1.81 bits per heavy atom. The highest BCUT2D eigenvalue weighted by molar-refractivity contribution is 8.13. The molecular weight excluding hydrogens is 284 g/mol. The summed E-state index contributed by atoms with van der Waals surface area (Å²) in [5, 5.41) is 0.142. The Labute approximate surface area is 134 Å². The van der Waals surface area contributed by atoms with Gasteiger partial charge in [0.15, 0.2) is 0 Å². The van der Waals surface area contributed by atoms with E-state index in [9.17, 15) is 9.59 Å². The Hall–Kier alpha value is -0.710. The highest BCUT2D eigenvalue weighted by Crippen LogP contribution is 2.28. The smallest absolute Gasteiger partial charge is 0.281 e. The predicted molar refractivity (Wildman–Crippen MR) is 91.7 cm³/mol. The lowest BCUT2D eigenvalue weighted by Gasteiger charge is -2.27. The van der Waals surface area contributed by atoms with Crippen LogP contribution in [-0.4, -0.2) is 52.9 Å². The van der Waals surface area contributed by atoms with Gasteiger partial charge in [0, 0.05) is 38.4 Å². The van der Waals surface area contributed by atoms with E-state index in [0.29, 0.717) is 6.42 Å². The Morgan fingerprint density at radius 1 is 0.905 bits per heavy atom. The fourth-order valence-electron chi connectivity index (χ4n) is 2.08. The molecular formula is C16H32N2O2S. The zero-order chi connectivity index (χ0) is 16.5. The van der Waals surface area contributed by atoms with Gasteiger partial charge in [-0.3, -0.25) is 9.59 Å². The van der Waals surface area contributed by atoms with Gasteiger partial charge in [-0.25, -0.2) is 0 Å². The Kier molecular flexibility index (Phi) is 9.75. The van der Waals surface area contributed by atoms with Crippen LogP contribution in [0.25, 0.3) is 0 Å². The maximum absolute atomic E-state index is 12.0. The highest BCUT2D eigenvalue weighted by Gasteiger charge is 2.23. The molecule has 0 saturated carbocycles. The van der Waals surface area contributed by atoms with Crippen molar-refractivity contribution in [1.82, 2.24) is 9.80 Å². The lowest BCUT2D eigenvalue weighted by atomic mass is 9.90. The van der Waals surface area contributed by atoms with Crippen molar-refractivity contribution in [2.45, 2.75) is 54.4 Å². The Morgan fingerprint density at radius 2 is 1.38 bits per heavy atom. The lowest BCUT2D eigenvalue weighted by molar-refractivity contribution is -0.131. The number of carbonyl (C=O) groups is 2. The monoisotopic (exact) mass is 316 g/mol. The van der Waals surface area contributed by atoms with Crippen LogP contribution in [0.15, 0.2) is 0 Å². The van der Waals surface area contributed by atoms with E-state index in [2.05, 4.69) is 13.8 Å². The molecule has 0 aromatic rings. The van der Waals surface area contributed by atoms with Crippen LogP contribution in [0.2, 0.25) is 0 Å². The summed E-state index contributed by atoms with van der Waals surface area (Å²) >= 11 is 1.37. The molecule has 0 aromatic heterocycles. The third kappa shape index (κ3) is 7.74. The van der Waals surface area contributed by atoms with Crippen molar-refractivity contribution < 1.29 is 9.59 Å². The molecule has 0 bridgehead atoms. The van der Waals surface area contributed by atoms with Crippen molar-refractivity contribution in [2.24, 2.45) is 5.41 Å². The molecule has 0 rings (SSSR count). The minimum atomic E-state index is -0.00368. The first-order valence-electron chi connectivity index (χ1n) is 8.00. The van der Waals surface area contributed by atoms with Crippen molar-refractivity contribution in [3.05, 3.63) is 0 Å². The summed E-state index contributed by atoms with van der Waals surface area (Å²) in [6.07, 6.45) is 1.38. The van der Waals surface area contributed by atoms with E-state index in [4.69, 9.17) is 0 Å². The molecule has 0 aromatic carbocycles. The standard InChI is InChI=1S/C16H32N2O2S/c1-7-17(8-2)14(19)11-12-16(5,6)13-21-15(20)18(9-3)10-4/h7-13H2,1-6H3. The normalized spacial score (nSPS) is 11.3. The van der Waals surface area contributed by atoms with Gasteiger partial charge in [-0.1, -0.05) is 25.6 Å². The number of hydrogen-bond acceptors (Lipinski definition) is 3. The molecule has 2 amide bonds. The number of thioether (sulfide) groups is 1. The van der Waals surface area contributed by atoms with E-state index in [1.807, 2.05) is 37.5 Å². The number of hydrogen-bond donors (Lipinski definition) is 0. The average molecular weight is 317 g/mol. The topological polar surface area (TPSA) is 40.6 Å². The lowest BCUT2D eigenvalue weighted by Crippen LogP contribution is -2.32. The molecule has 124 valence electrons. The molecule has 0 fully saturated rings.